The first-order chi connectivity index (χ1) is 13.9. The molecule has 1 aliphatic heterocycles. The Morgan fingerprint density at radius 1 is 1.41 bits per heavy atom. The summed E-state index contributed by atoms with van der Waals surface area (Å²) in [5.41, 5.74) is 7.32. The summed E-state index contributed by atoms with van der Waals surface area (Å²) in [5, 5.41) is 19.3. The minimum absolute atomic E-state index is 0.150. The molecule has 4 rings (SSSR count). The van der Waals surface area contributed by atoms with Gasteiger partial charge in [0.1, 0.15) is 11.6 Å². The molecule has 0 aliphatic carbocycles. The molecule has 0 saturated carbocycles. The minimum atomic E-state index is -0.608. The van der Waals surface area contributed by atoms with Crippen LogP contribution in [-0.4, -0.2) is 56.5 Å². The molecule has 2 aromatic heterocycles. The van der Waals surface area contributed by atoms with Crippen molar-refractivity contribution in [1.82, 2.24) is 19.9 Å². The van der Waals surface area contributed by atoms with Crippen molar-refractivity contribution in [3.05, 3.63) is 52.7 Å². The lowest BCUT2D eigenvalue weighted by Gasteiger charge is -2.18. The van der Waals surface area contributed by atoms with Crippen molar-refractivity contribution in [1.29, 1.82) is 5.41 Å². The topological polar surface area (TPSA) is 131 Å². The van der Waals surface area contributed by atoms with Crippen molar-refractivity contribution in [3.63, 3.8) is 0 Å². The van der Waals surface area contributed by atoms with E-state index in [1.54, 1.807) is 6.07 Å². The van der Waals surface area contributed by atoms with E-state index in [9.17, 15) is 9.60 Å². The second kappa shape index (κ2) is 7.64. The summed E-state index contributed by atoms with van der Waals surface area (Å²) in [5.74, 6) is 0.368. The molecule has 0 radical (unpaired) electrons. The summed E-state index contributed by atoms with van der Waals surface area (Å²) in [4.78, 5) is 18.0. The molecule has 0 unspecified atom stereocenters. The molecule has 0 fully saturated rings. The smallest absolute Gasteiger partial charge is 0.191 e. The summed E-state index contributed by atoms with van der Waals surface area (Å²) in [6, 6.07) is 5.28. The van der Waals surface area contributed by atoms with Crippen molar-refractivity contribution in [2.45, 2.75) is 6.42 Å². The van der Waals surface area contributed by atoms with Gasteiger partial charge in [-0.2, -0.15) is 0 Å². The molecule has 3 heterocycles. The number of aromatic nitrogens is 3. The van der Waals surface area contributed by atoms with E-state index >= 15 is 0 Å². The van der Waals surface area contributed by atoms with Crippen molar-refractivity contribution < 1.29 is 9.60 Å². The van der Waals surface area contributed by atoms with E-state index in [0.29, 0.717) is 53.1 Å². The second-order valence-electron chi connectivity index (χ2n) is 6.48. The highest BCUT2D eigenvalue weighted by Gasteiger charge is 2.19. The molecular formula is C18H18ClFN8O. The van der Waals surface area contributed by atoms with Gasteiger partial charge in [0.05, 0.1) is 22.8 Å². The standard InChI is InChI=1S/C18H18ClFN8O/c19-12-9-10(1-2-13(12)20)28(29)16(21)11-3-5-23-17-15(11)25-14(26-17)4-7-27-8-6-24-18(27)22/h1-3,5,9,21,29H,4,6-8H2,(H2,22,24)(H,23,25,26). The third-order valence-corrected chi connectivity index (χ3v) is 4.93. The Kier molecular flexibility index (Phi) is 5.03. The Bertz CT molecular complexity index is 1110. The molecule has 150 valence electrons. The average molecular weight is 417 g/mol. The molecule has 29 heavy (non-hydrogen) atoms. The Labute approximate surface area is 170 Å². The molecule has 3 aromatic rings. The molecule has 9 nitrogen and oxygen atoms in total. The first-order valence-electron chi connectivity index (χ1n) is 8.85. The van der Waals surface area contributed by atoms with E-state index in [0.717, 1.165) is 12.6 Å². The number of amidine groups is 1. The lowest BCUT2D eigenvalue weighted by Crippen LogP contribution is -2.35. The van der Waals surface area contributed by atoms with E-state index in [1.807, 2.05) is 4.90 Å². The highest BCUT2D eigenvalue weighted by Crippen LogP contribution is 2.24. The Hall–Kier alpha value is -3.24. The maximum Gasteiger partial charge on any atom is 0.191 e. The number of pyridine rings is 1. The van der Waals surface area contributed by atoms with Gasteiger partial charge in [-0.3, -0.25) is 15.6 Å². The zero-order valence-corrected chi connectivity index (χ0v) is 16.0. The van der Waals surface area contributed by atoms with Gasteiger partial charge in [0.2, 0.25) is 0 Å². The van der Waals surface area contributed by atoms with Crippen LogP contribution in [0, 0.1) is 11.2 Å². The number of benzene rings is 1. The lowest BCUT2D eigenvalue weighted by atomic mass is 10.2. The molecule has 5 N–H and O–H groups in total. The van der Waals surface area contributed by atoms with Gasteiger partial charge < -0.3 is 15.6 Å². The van der Waals surface area contributed by atoms with E-state index < -0.39 is 5.82 Å². The zero-order chi connectivity index (χ0) is 20.5. The van der Waals surface area contributed by atoms with Crippen LogP contribution >= 0.6 is 11.6 Å². The van der Waals surface area contributed by atoms with Gasteiger partial charge in [0.15, 0.2) is 17.4 Å². The van der Waals surface area contributed by atoms with Crippen LogP contribution in [0.1, 0.15) is 11.4 Å². The van der Waals surface area contributed by atoms with Crippen LogP contribution in [0.2, 0.25) is 5.02 Å². The third kappa shape index (κ3) is 3.71. The average Bonchev–Trinajstić information content (AvgIpc) is 3.32. The van der Waals surface area contributed by atoms with Gasteiger partial charge in [0.25, 0.3) is 0 Å². The fourth-order valence-corrected chi connectivity index (χ4v) is 3.28. The van der Waals surface area contributed by atoms with E-state index in [1.165, 1.54) is 18.3 Å². The monoisotopic (exact) mass is 416 g/mol. The number of guanidine groups is 1. The van der Waals surface area contributed by atoms with Gasteiger partial charge in [-0.1, -0.05) is 11.6 Å². The fraction of sp³-hybridized carbons (Fsp3) is 0.222. The van der Waals surface area contributed by atoms with Gasteiger partial charge >= 0.3 is 0 Å². The lowest BCUT2D eigenvalue weighted by molar-refractivity contribution is 0.312. The van der Waals surface area contributed by atoms with Gasteiger partial charge in [-0.15, -0.1) is 0 Å². The predicted molar refractivity (Wildman–Crippen MR) is 108 cm³/mol. The van der Waals surface area contributed by atoms with Crippen LogP contribution in [0.5, 0.6) is 0 Å². The number of nitrogens with one attached hydrogen (secondary N) is 2. The number of nitrogens with zero attached hydrogens (tertiary/aromatic N) is 5. The van der Waals surface area contributed by atoms with Crippen LogP contribution in [0.15, 0.2) is 35.5 Å². The molecule has 11 heteroatoms. The quantitative estimate of drug-likeness (QED) is 0.286. The highest BCUT2D eigenvalue weighted by atomic mass is 35.5. The van der Waals surface area contributed by atoms with Crippen molar-refractivity contribution in [3.8, 4) is 0 Å². The van der Waals surface area contributed by atoms with Crippen molar-refractivity contribution >= 4 is 40.2 Å². The first kappa shape index (κ1) is 19.1. The molecule has 1 aromatic carbocycles. The fourth-order valence-electron chi connectivity index (χ4n) is 3.10. The molecule has 0 saturated heterocycles. The van der Waals surface area contributed by atoms with E-state index in [-0.39, 0.29) is 16.5 Å². The molecule has 1 aliphatic rings. The Balaban J connectivity index is 1.58. The maximum absolute atomic E-state index is 13.4. The number of anilines is 1. The maximum atomic E-state index is 13.4. The minimum Gasteiger partial charge on any atom is -0.370 e. The number of hydroxylamine groups is 1. The Morgan fingerprint density at radius 3 is 2.97 bits per heavy atom. The number of hydrogen-bond acceptors (Lipinski definition) is 7. The first-order valence-corrected chi connectivity index (χ1v) is 9.23. The van der Waals surface area contributed by atoms with E-state index in [2.05, 4.69) is 19.9 Å². The SMILES string of the molecule is N=C(c1ccnc2nc(CCN3CCN=C3N)[nH]c12)N(O)c1ccc(F)c(Cl)c1. The van der Waals surface area contributed by atoms with E-state index in [4.69, 9.17) is 22.7 Å². The number of aromatic amines is 1. The number of fused-ring (bicyclic) bond motifs is 1. The van der Waals surface area contributed by atoms with Crippen LogP contribution in [0.25, 0.3) is 11.2 Å². The number of halogens is 2. The molecule has 0 spiro atoms. The van der Waals surface area contributed by atoms with Gasteiger partial charge in [-0.05, 0) is 24.3 Å². The van der Waals surface area contributed by atoms with Crippen molar-refractivity contribution in [2.75, 3.05) is 24.7 Å². The zero-order valence-electron chi connectivity index (χ0n) is 15.2. The summed E-state index contributed by atoms with van der Waals surface area (Å²) in [6.07, 6.45) is 2.10. The molecule has 0 atom stereocenters. The number of rotatable bonds is 5. The molecular weight excluding hydrogens is 399 g/mol. The van der Waals surface area contributed by atoms with Crippen LogP contribution in [0.3, 0.4) is 0 Å². The van der Waals surface area contributed by atoms with Crippen molar-refractivity contribution in [2.24, 2.45) is 10.7 Å². The number of aliphatic imine (C=N–C) groups is 1. The summed E-state index contributed by atoms with van der Waals surface area (Å²) < 4.78 is 13.4. The van der Waals surface area contributed by atoms with Gasteiger partial charge in [-0.25, -0.2) is 19.4 Å². The molecule has 0 amide bonds. The Morgan fingerprint density at radius 2 is 2.24 bits per heavy atom. The highest BCUT2D eigenvalue weighted by molar-refractivity contribution is 6.31. The normalized spacial score (nSPS) is 13.8. The number of imidazole rings is 1. The van der Waals surface area contributed by atoms with Crippen LogP contribution in [0.4, 0.5) is 10.1 Å². The van der Waals surface area contributed by atoms with Crippen LogP contribution in [-0.2, 0) is 6.42 Å². The molecule has 0 bridgehead atoms. The number of nitrogens with two attached hydrogens (primary N) is 1. The summed E-state index contributed by atoms with van der Waals surface area (Å²) in [7, 11) is 0. The van der Waals surface area contributed by atoms with Gasteiger partial charge in [0, 0.05) is 31.3 Å². The second-order valence-corrected chi connectivity index (χ2v) is 6.88. The number of hydrogen-bond donors (Lipinski definition) is 4. The summed E-state index contributed by atoms with van der Waals surface area (Å²) >= 11 is 5.78. The summed E-state index contributed by atoms with van der Waals surface area (Å²) in [6.45, 7) is 2.12. The largest absolute Gasteiger partial charge is 0.370 e. The number of H-pyrrole nitrogens is 1. The predicted octanol–water partition coefficient (Wildman–Crippen LogP) is 2.14. The third-order valence-electron chi connectivity index (χ3n) is 4.64. The van der Waals surface area contributed by atoms with Crippen LogP contribution < -0.4 is 10.8 Å².